The molecule has 7 heteroatoms. The molecule has 0 fully saturated rings. The molecule has 0 spiro atoms. The van der Waals surface area contributed by atoms with Gasteiger partial charge in [-0.3, -0.25) is 14.4 Å². The minimum absolute atomic E-state index is 0.0558. The summed E-state index contributed by atoms with van der Waals surface area (Å²) in [6.45, 7) is 2.32. The predicted octanol–water partition coefficient (Wildman–Crippen LogP) is 0.610. The van der Waals surface area contributed by atoms with Gasteiger partial charge in [0.25, 0.3) is 11.5 Å². The van der Waals surface area contributed by atoms with Crippen LogP contribution in [0.15, 0.2) is 47.3 Å². The Hall–Kier alpha value is -2.96. The first-order valence-electron chi connectivity index (χ1n) is 7.26. The van der Waals surface area contributed by atoms with Gasteiger partial charge in [-0.05, 0) is 18.1 Å². The third-order valence-corrected chi connectivity index (χ3v) is 3.23. The monoisotopic (exact) mass is 314 g/mol. The predicted molar refractivity (Wildman–Crippen MR) is 84.6 cm³/mol. The average Bonchev–Trinajstić information content (AvgIpc) is 2.55. The molecule has 0 aliphatic rings. The first-order chi connectivity index (χ1) is 11.0. The van der Waals surface area contributed by atoms with Crippen molar-refractivity contribution in [3.05, 3.63) is 64.1 Å². The van der Waals surface area contributed by atoms with Crippen LogP contribution in [0.3, 0.4) is 0 Å². The first-order valence-corrected chi connectivity index (χ1v) is 7.26. The number of nitrogens with two attached hydrogens (primary N) is 1. The molecule has 120 valence electrons. The van der Waals surface area contributed by atoms with Gasteiger partial charge in [-0.2, -0.15) is 5.10 Å². The van der Waals surface area contributed by atoms with Crippen LogP contribution in [-0.2, 0) is 11.3 Å². The highest BCUT2D eigenvalue weighted by Crippen LogP contribution is 2.12. The SMILES string of the molecule is CCCn1nc(C(=O)N[C@@H](C(N)=O)c2ccccc2)ccc1=O. The number of carbonyl (C=O) groups is 2. The fourth-order valence-electron chi connectivity index (χ4n) is 2.11. The van der Waals surface area contributed by atoms with E-state index in [0.29, 0.717) is 18.5 Å². The molecule has 7 nitrogen and oxygen atoms in total. The quantitative estimate of drug-likeness (QED) is 0.814. The molecular weight excluding hydrogens is 296 g/mol. The van der Waals surface area contributed by atoms with E-state index in [1.165, 1.54) is 16.8 Å². The third-order valence-electron chi connectivity index (χ3n) is 3.23. The van der Waals surface area contributed by atoms with Crippen molar-refractivity contribution in [2.24, 2.45) is 5.73 Å². The Morgan fingerprint density at radius 3 is 2.52 bits per heavy atom. The summed E-state index contributed by atoms with van der Waals surface area (Å²) >= 11 is 0. The van der Waals surface area contributed by atoms with E-state index in [-0.39, 0.29) is 11.3 Å². The second kappa shape index (κ2) is 7.35. The number of nitrogens with one attached hydrogen (secondary N) is 1. The lowest BCUT2D eigenvalue weighted by Crippen LogP contribution is -2.38. The summed E-state index contributed by atoms with van der Waals surface area (Å²) in [5.74, 6) is -1.24. The van der Waals surface area contributed by atoms with Gasteiger partial charge in [-0.1, -0.05) is 37.3 Å². The Morgan fingerprint density at radius 2 is 1.91 bits per heavy atom. The van der Waals surface area contributed by atoms with Crippen molar-refractivity contribution < 1.29 is 9.59 Å². The van der Waals surface area contributed by atoms with Gasteiger partial charge in [-0.15, -0.1) is 0 Å². The van der Waals surface area contributed by atoms with Crippen LogP contribution in [0.4, 0.5) is 0 Å². The Kier molecular flexibility index (Phi) is 5.24. The Bertz CT molecular complexity index is 755. The Balaban J connectivity index is 2.24. The molecule has 1 heterocycles. The maximum atomic E-state index is 12.3. The molecule has 2 aromatic rings. The van der Waals surface area contributed by atoms with E-state index < -0.39 is 17.9 Å². The summed E-state index contributed by atoms with van der Waals surface area (Å²) in [5, 5.41) is 6.55. The van der Waals surface area contributed by atoms with Crippen LogP contribution in [0.5, 0.6) is 0 Å². The van der Waals surface area contributed by atoms with E-state index >= 15 is 0 Å². The lowest BCUT2D eigenvalue weighted by atomic mass is 10.1. The van der Waals surface area contributed by atoms with Crippen molar-refractivity contribution in [2.45, 2.75) is 25.9 Å². The maximum absolute atomic E-state index is 12.3. The number of nitrogens with zero attached hydrogens (tertiary/aromatic N) is 2. The first kappa shape index (κ1) is 16.4. The van der Waals surface area contributed by atoms with Gasteiger partial charge in [-0.25, -0.2) is 4.68 Å². The number of hydrogen-bond acceptors (Lipinski definition) is 4. The summed E-state index contributed by atoms with van der Waals surface area (Å²) in [4.78, 5) is 35.6. The smallest absolute Gasteiger partial charge is 0.272 e. The minimum atomic E-state index is -0.961. The summed E-state index contributed by atoms with van der Waals surface area (Å²) in [6.07, 6.45) is 0.714. The molecule has 0 unspecified atom stereocenters. The molecule has 0 aliphatic carbocycles. The number of aromatic nitrogens is 2. The van der Waals surface area contributed by atoms with E-state index in [2.05, 4.69) is 10.4 Å². The van der Waals surface area contributed by atoms with Crippen LogP contribution in [-0.4, -0.2) is 21.6 Å². The van der Waals surface area contributed by atoms with Crippen molar-refractivity contribution >= 4 is 11.8 Å². The highest BCUT2D eigenvalue weighted by Gasteiger charge is 2.21. The highest BCUT2D eigenvalue weighted by atomic mass is 16.2. The van der Waals surface area contributed by atoms with E-state index in [1.54, 1.807) is 30.3 Å². The lowest BCUT2D eigenvalue weighted by molar-refractivity contribution is -0.120. The second-order valence-electron chi connectivity index (χ2n) is 5.00. The second-order valence-corrected chi connectivity index (χ2v) is 5.00. The number of benzene rings is 1. The normalized spacial score (nSPS) is 11.7. The van der Waals surface area contributed by atoms with Crippen LogP contribution in [0.2, 0.25) is 0 Å². The Morgan fingerprint density at radius 1 is 1.22 bits per heavy atom. The zero-order valence-corrected chi connectivity index (χ0v) is 12.7. The van der Waals surface area contributed by atoms with Crippen molar-refractivity contribution in [1.82, 2.24) is 15.1 Å². The van der Waals surface area contributed by atoms with Gasteiger partial charge >= 0.3 is 0 Å². The zero-order valence-electron chi connectivity index (χ0n) is 12.7. The minimum Gasteiger partial charge on any atom is -0.368 e. The average molecular weight is 314 g/mol. The zero-order chi connectivity index (χ0) is 16.8. The molecule has 0 bridgehead atoms. The standard InChI is InChI=1S/C16H18N4O3/c1-2-10-20-13(21)9-8-12(19-20)16(23)18-14(15(17)22)11-6-4-3-5-7-11/h3-9,14H,2,10H2,1H3,(H2,17,22)(H,18,23)/t14-/m1/s1. The molecule has 0 saturated carbocycles. The topological polar surface area (TPSA) is 107 Å². The molecule has 0 radical (unpaired) electrons. The van der Waals surface area contributed by atoms with Crippen molar-refractivity contribution in [3.63, 3.8) is 0 Å². The number of carbonyl (C=O) groups excluding carboxylic acids is 2. The summed E-state index contributed by atoms with van der Waals surface area (Å²) in [7, 11) is 0. The van der Waals surface area contributed by atoms with Crippen molar-refractivity contribution in [2.75, 3.05) is 0 Å². The molecular formula is C16H18N4O3. The van der Waals surface area contributed by atoms with Crippen LogP contribution < -0.4 is 16.6 Å². The van der Waals surface area contributed by atoms with Gasteiger partial charge in [0.15, 0.2) is 0 Å². The molecule has 0 saturated heterocycles. The summed E-state index contributed by atoms with van der Waals surface area (Å²) < 4.78 is 1.22. The molecule has 3 N–H and O–H groups in total. The number of aryl methyl sites for hydroxylation is 1. The van der Waals surface area contributed by atoms with Gasteiger partial charge in [0.2, 0.25) is 5.91 Å². The van der Waals surface area contributed by atoms with Crippen LogP contribution in [0, 0.1) is 0 Å². The number of primary amides is 1. The van der Waals surface area contributed by atoms with Crippen LogP contribution >= 0.6 is 0 Å². The van der Waals surface area contributed by atoms with Crippen LogP contribution in [0.25, 0.3) is 0 Å². The highest BCUT2D eigenvalue weighted by molar-refractivity contribution is 5.96. The van der Waals surface area contributed by atoms with E-state index in [1.807, 2.05) is 6.92 Å². The molecule has 0 aliphatic heterocycles. The Labute approximate surface area is 133 Å². The number of amides is 2. The lowest BCUT2D eigenvalue weighted by Gasteiger charge is -2.15. The fourth-order valence-corrected chi connectivity index (χ4v) is 2.11. The van der Waals surface area contributed by atoms with Gasteiger partial charge in [0.05, 0.1) is 0 Å². The molecule has 2 amide bonds. The summed E-state index contributed by atoms with van der Waals surface area (Å²) in [5.41, 5.74) is 5.72. The molecule has 1 aromatic carbocycles. The van der Waals surface area contributed by atoms with Crippen molar-refractivity contribution in [3.8, 4) is 0 Å². The van der Waals surface area contributed by atoms with Crippen molar-refractivity contribution in [1.29, 1.82) is 0 Å². The fraction of sp³-hybridized carbons (Fsp3) is 0.250. The molecule has 1 atom stereocenters. The van der Waals surface area contributed by atoms with Gasteiger partial charge in [0.1, 0.15) is 11.7 Å². The number of hydrogen-bond donors (Lipinski definition) is 2. The molecule has 2 rings (SSSR count). The molecule has 23 heavy (non-hydrogen) atoms. The number of rotatable bonds is 6. The van der Waals surface area contributed by atoms with E-state index in [0.717, 1.165) is 0 Å². The maximum Gasteiger partial charge on any atom is 0.272 e. The van der Waals surface area contributed by atoms with Crippen LogP contribution in [0.1, 0.15) is 35.4 Å². The molecule has 1 aromatic heterocycles. The van der Waals surface area contributed by atoms with Gasteiger partial charge < -0.3 is 11.1 Å². The largest absolute Gasteiger partial charge is 0.368 e. The third kappa shape index (κ3) is 4.03. The van der Waals surface area contributed by atoms with E-state index in [9.17, 15) is 14.4 Å². The summed E-state index contributed by atoms with van der Waals surface area (Å²) in [6, 6.07) is 10.3. The van der Waals surface area contributed by atoms with Gasteiger partial charge in [0, 0.05) is 12.6 Å². The van der Waals surface area contributed by atoms with E-state index in [4.69, 9.17) is 5.73 Å².